The zero-order valence-electron chi connectivity index (χ0n) is 16.1. The highest BCUT2D eigenvalue weighted by molar-refractivity contribution is 5.91. The molecule has 1 N–H and O–H groups in total. The third-order valence-corrected chi connectivity index (χ3v) is 4.06. The first-order chi connectivity index (χ1) is 14.5. The first-order valence-electron chi connectivity index (χ1n) is 9.05. The van der Waals surface area contributed by atoms with Gasteiger partial charge in [-0.2, -0.15) is 0 Å². The smallest absolute Gasteiger partial charge is 0.339 e. The lowest BCUT2D eigenvalue weighted by molar-refractivity contribution is -0.131. The van der Waals surface area contributed by atoms with Gasteiger partial charge in [0.1, 0.15) is 22.7 Å². The summed E-state index contributed by atoms with van der Waals surface area (Å²) in [4.78, 5) is 33.1. The van der Waals surface area contributed by atoms with Crippen molar-refractivity contribution in [1.29, 1.82) is 0 Å². The zero-order valence-corrected chi connectivity index (χ0v) is 16.1. The Hall–Kier alpha value is -4.19. The van der Waals surface area contributed by atoms with Crippen LogP contribution in [0.15, 0.2) is 94.1 Å². The van der Waals surface area contributed by atoms with E-state index in [0.29, 0.717) is 16.7 Å². The van der Waals surface area contributed by atoms with Gasteiger partial charge in [-0.25, -0.2) is 4.79 Å². The number of esters is 1. The topological polar surface area (TPSA) is 93.8 Å². The molecule has 0 aliphatic carbocycles. The van der Waals surface area contributed by atoms with E-state index in [1.165, 1.54) is 25.1 Å². The zero-order chi connectivity index (χ0) is 21.5. The molecule has 0 saturated carbocycles. The maximum Gasteiger partial charge on any atom is 0.339 e. The summed E-state index contributed by atoms with van der Waals surface area (Å²) in [5.41, 5.74) is 1.51. The molecule has 0 radical (unpaired) electrons. The molecule has 4 aromatic rings. The standard InChI is InChI=1S/C15H10O2.C9H8O4/c16-13-10-15(11-6-2-1-3-7-11)17-14-9-5-4-8-12(13)14;1-6(10)13-8-5-3-2-4-7(8)9(11)12/h1-10H;2-5H,1H3,(H,11,12). The van der Waals surface area contributed by atoms with Crippen molar-refractivity contribution in [2.24, 2.45) is 0 Å². The predicted molar refractivity (Wildman–Crippen MR) is 113 cm³/mol. The van der Waals surface area contributed by atoms with Crippen LogP contribution in [0.3, 0.4) is 0 Å². The predicted octanol–water partition coefficient (Wildman–Crippen LogP) is 4.77. The number of hydrogen-bond donors (Lipinski definition) is 1. The van der Waals surface area contributed by atoms with Crippen molar-refractivity contribution >= 4 is 22.9 Å². The Morgan fingerprint density at radius 3 is 2.20 bits per heavy atom. The van der Waals surface area contributed by atoms with Gasteiger partial charge in [-0.15, -0.1) is 0 Å². The van der Waals surface area contributed by atoms with Crippen LogP contribution >= 0.6 is 0 Å². The molecule has 0 atom stereocenters. The Kier molecular flexibility index (Phi) is 6.39. The summed E-state index contributed by atoms with van der Waals surface area (Å²) in [7, 11) is 0. The van der Waals surface area contributed by atoms with E-state index in [2.05, 4.69) is 4.74 Å². The van der Waals surface area contributed by atoms with E-state index in [1.54, 1.807) is 18.2 Å². The number of carboxylic acids is 1. The van der Waals surface area contributed by atoms with E-state index in [0.717, 1.165) is 5.56 Å². The van der Waals surface area contributed by atoms with Gasteiger partial charge in [0.25, 0.3) is 0 Å². The van der Waals surface area contributed by atoms with E-state index < -0.39 is 11.9 Å². The van der Waals surface area contributed by atoms with Crippen molar-refractivity contribution in [3.05, 3.63) is 101 Å². The normalized spacial score (nSPS) is 10.0. The fourth-order valence-corrected chi connectivity index (χ4v) is 2.74. The molecule has 0 saturated heterocycles. The second-order valence-electron chi connectivity index (χ2n) is 6.23. The molecule has 0 unspecified atom stereocenters. The Labute approximate surface area is 172 Å². The lowest BCUT2D eigenvalue weighted by Gasteiger charge is -2.03. The number of rotatable bonds is 3. The lowest BCUT2D eigenvalue weighted by atomic mass is 10.1. The van der Waals surface area contributed by atoms with Crippen LogP contribution in [-0.4, -0.2) is 17.0 Å². The van der Waals surface area contributed by atoms with Gasteiger partial charge in [0, 0.05) is 18.6 Å². The quantitative estimate of drug-likeness (QED) is 0.392. The molecule has 6 nitrogen and oxygen atoms in total. The van der Waals surface area contributed by atoms with Crippen molar-refractivity contribution in [3.63, 3.8) is 0 Å². The third-order valence-electron chi connectivity index (χ3n) is 4.06. The Morgan fingerprint density at radius 2 is 1.50 bits per heavy atom. The first kappa shape index (κ1) is 20.5. The summed E-state index contributed by atoms with van der Waals surface area (Å²) in [6, 6.07) is 24.4. The maximum atomic E-state index is 11.9. The second kappa shape index (κ2) is 9.34. The van der Waals surface area contributed by atoms with E-state index in [-0.39, 0.29) is 16.7 Å². The molecule has 1 heterocycles. The van der Waals surface area contributed by atoms with Gasteiger partial charge in [-0.1, -0.05) is 54.6 Å². The van der Waals surface area contributed by atoms with Crippen LogP contribution in [0.1, 0.15) is 17.3 Å². The average molecular weight is 402 g/mol. The number of benzene rings is 3. The summed E-state index contributed by atoms with van der Waals surface area (Å²) >= 11 is 0. The molecule has 4 rings (SSSR count). The van der Waals surface area contributed by atoms with Gasteiger partial charge in [0.2, 0.25) is 0 Å². The minimum Gasteiger partial charge on any atom is -0.478 e. The van der Waals surface area contributed by atoms with Crippen LogP contribution in [0.2, 0.25) is 0 Å². The third kappa shape index (κ3) is 4.99. The minimum atomic E-state index is -1.11. The van der Waals surface area contributed by atoms with Gasteiger partial charge in [-0.3, -0.25) is 9.59 Å². The van der Waals surface area contributed by atoms with Crippen molar-refractivity contribution in [2.45, 2.75) is 6.92 Å². The molecular weight excluding hydrogens is 384 g/mol. The largest absolute Gasteiger partial charge is 0.478 e. The molecule has 0 amide bonds. The number of aromatic carboxylic acids is 1. The SMILES string of the molecule is CC(=O)Oc1ccccc1C(=O)O.O=c1cc(-c2ccccc2)oc2ccccc12. The second-order valence-corrected chi connectivity index (χ2v) is 6.23. The highest BCUT2D eigenvalue weighted by atomic mass is 16.5. The summed E-state index contributed by atoms with van der Waals surface area (Å²) in [6.45, 7) is 1.22. The number of carbonyl (C=O) groups is 2. The summed E-state index contributed by atoms with van der Waals surface area (Å²) < 4.78 is 10.4. The highest BCUT2D eigenvalue weighted by Crippen LogP contribution is 2.21. The molecule has 1 aromatic heterocycles. The highest BCUT2D eigenvalue weighted by Gasteiger charge is 2.11. The van der Waals surface area contributed by atoms with Gasteiger partial charge >= 0.3 is 11.9 Å². The molecule has 30 heavy (non-hydrogen) atoms. The lowest BCUT2D eigenvalue weighted by Crippen LogP contribution is -2.06. The van der Waals surface area contributed by atoms with Crippen LogP contribution < -0.4 is 10.2 Å². The van der Waals surface area contributed by atoms with Gasteiger partial charge < -0.3 is 14.3 Å². The van der Waals surface area contributed by atoms with Crippen molar-refractivity contribution in [3.8, 4) is 17.1 Å². The number of carbonyl (C=O) groups excluding carboxylic acids is 1. The molecular formula is C24H18O6. The maximum absolute atomic E-state index is 11.9. The molecule has 0 aliphatic rings. The van der Waals surface area contributed by atoms with Gasteiger partial charge in [0.05, 0.1) is 5.39 Å². The van der Waals surface area contributed by atoms with Crippen LogP contribution in [0.5, 0.6) is 5.75 Å². The summed E-state index contributed by atoms with van der Waals surface area (Å²) in [5, 5.41) is 9.31. The number of carboxylic acid groups (broad SMARTS) is 1. The summed E-state index contributed by atoms with van der Waals surface area (Å²) in [5.74, 6) is -0.970. The van der Waals surface area contributed by atoms with Gasteiger partial charge in [-0.05, 0) is 24.3 Å². The van der Waals surface area contributed by atoms with Crippen molar-refractivity contribution in [1.82, 2.24) is 0 Å². The molecule has 6 heteroatoms. The fourth-order valence-electron chi connectivity index (χ4n) is 2.74. The Morgan fingerprint density at radius 1 is 0.867 bits per heavy atom. The molecule has 0 fully saturated rings. The van der Waals surface area contributed by atoms with E-state index in [9.17, 15) is 14.4 Å². The van der Waals surface area contributed by atoms with Crippen molar-refractivity contribution < 1.29 is 23.8 Å². The molecule has 150 valence electrons. The molecule has 3 aromatic carbocycles. The van der Waals surface area contributed by atoms with Crippen LogP contribution in [0, 0.1) is 0 Å². The van der Waals surface area contributed by atoms with E-state index in [4.69, 9.17) is 9.52 Å². The Bertz CT molecular complexity index is 1240. The number of para-hydroxylation sites is 2. The average Bonchev–Trinajstić information content (AvgIpc) is 2.75. The van der Waals surface area contributed by atoms with E-state index in [1.807, 2.05) is 48.5 Å². The Balaban J connectivity index is 0.000000178. The fraction of sp³-hybridized carbons (Fsp3) is 0.0417. The van der Waals surface area contributed by atoms with Gasteiger partial charge in [0.15, 0.2) is 5.43 Å². The molecule has 0 aliphatic heterocycles. The van der Waals surface area contributed by atoms with Crippen LogP contribution in [0.4, 0.5) is 0 Å². The van der Waals surface area contributed by atoms with E-state index >= 15 is 0 Å². The summed E-state index contributed by atoms with van der Waals surface area (Å²) in [6.07, 6.45) is 0. The van der Waals surface area contributed by atoms with Crippen molar-refractivity contribution in [2.75, 3.05) is 0 Å². The van der Waals surface area contributed by atoms with Crippen LogP contribution in [0.25, 0.3) is 22.3 Å². The monoisotopic (exact) mass is 402 g/mol. The number of ether oxygens (including phenoxy) is 1. The molecule has 0 bridgehead atoms. The van der Waals surface area contributed by atoms with Crippen LogP contribution in [-0.2, 0) is 4.79 Å². The molecule has 0 spiro atoms. The number of fused-ring (bicyclic) bond motifs is 1. The number of hydrogen-bond acceptors (Lipinski definition) is 5. The minimum absolute atomic E-state index is 0.00861. The first-order valence-corrected chi connectivity index (χ1v) is 9.05.